The Kier molecular flexibility index (Phi) is 5.66. The van der Waals surface area contributed by atoms with Crippen LogP contribution in [0.1, 0.15) is 69.4 Å². The number of benzene rings is 1. The van der Waals surface area contributed by atoms with Crippen LogP contribution in [-0.2, 0) is 17.8 Å². The van der Waals surface area contributed by atoms with Crippen molar-refractivity contribution < 1.29 is 4.79 Å². The summed E-state index contributed by atoms with van der Waals surface area (Å²) < 4.78 is 1.63. The normalized spacial score (nSPS) is 25.2. The van der Waals surface area contributed by atoms with Crippen LogP contribution >= 0.6 is 11.8 Å². The lowest BCUT2D eigenvalue weighted by molar-refractivity contribution is -0.147. The number of tetrazole rings is 1. The predicted octanol–water partition coefficient (Wildman–Crippen LogP) is 2.91. The molecule has 0 radical (unpaired) electrons. The monoisotopic (exact) mass is 414 g/mol. The number of carbonyl (C=O) groups is 1. The molecular formula is C21H30N6OS. The van der Waals surface area contributed by atoms with Gasteiger partial charge in [0.2, 0.25) is 5.91 Å². The molecule has 3 heterocycles. The van der Waals surface area contributed by atoms with Crippen molar-refractivity contribution in [2.45, 2.75) is 81.6 Å². The molecule has 3 atom stereocenters. The highest BCUT2D eigenvalue weighted by Crippen LogP contribution is 2.56. The second kappa shape index (κ2) is 8.07. The third kappa shape index (κ3) is 3.80. The largest absolute Gasteiger partial charge is 0.317 e. The minimum Gasteiger partial charge on any atom is -0.317 e. The van der Waals surface area contributed by atoms with E-state index in [1.807, 2.05) is 9.58 Å². The van der Waals surface area contributed by atoms with Crippen molar-refractivity contribution in [3.8, 4) is 0 Å². The first kappa shape index (κ1) is 20.3. The van der Waals surface area contributed by atoms with E-state index in [4.69, 9.17) is 5.73 Å². The lowest BCUT2D eigenvalue weighted by atomic mass is 9.95. The van der Waals surface area contributed by atoms with E-state index in [1.165, 1.54) is 31.2 Å². The summed E-state index contributed by atoms with van der Waals surface area (Å²) in [4.78, 5) is 14.2. The summed E-state index contributed by atoms with van der Waals surface area (Å²) in [5.74, 6) is 0.717. The average Bonchev–Trinajstić information content (AvgIpc) is 3.25. The zero-order valence-electron chi connectivity index (χ0n) is 17.4. The van der Waals surface area contributed by atoms with Crippen LogP contribution in [0.3, 0.4) is 0 Å². The highest BCUT2D eigenvalue weighted by atomic mass is 32.2. The molecule has 2 aliphatic heterocycles. The van der Waals surface area contributed by atoms with Crippen molar-refractivity contribution in [1.29, 1.82) is 0 Å². The van der Waals surface area contributed by atoms with E-state index in [-0.39, 0.29) is 22.1 Å². The van der Waals surface area contributed by atoms with Crippen molar-refractivity contribution in [3.63, 3.8) is 0 Å². The number of nitrogens with zero attached hydrogens (tertiary/aromatic N) is 5. The number of nitrogens with two attached hydrogens (primary N) is 1. The van der Waals surface area contributed by atoms with Gasteiger partial charge < -0.3 is 10.6 Å². The zero-order chi connectivity index (χ0) is 20.6. The van der Waals surface area contributed by atoms with Crippen molar-refractivity contribution in [1.82, 2.24) is 25.1 Å². The number of hydrogen-bond donors (Lipinski definition) is 1. The van der Waals surface area contributed by atoms with E-state index in [9.17, 15) is 4.79 Å². The molecule has 2 aromatic rings. The van der Waals surface area contributed by atoms with Crippen LogP contribution in [-0.4, -0.2) is 47.2 Å². The van der Waals surface area contributed by atoms with Gasteiger partial charge in [0.1, 0.15) is 17.5 Å². The first-order valence-electron chi connectivity index (χ1n) is 10.5. The SMILES string of the molecule is CCCCCCc1ccc(Cn2nnnc2C2N3C(=O)C(N)[C@@H]3SC2(C)C)cc1. The van der Waals surface area contributed by atoms with Crippen LogP contribution in [0.4, 0.5) is 0 Å². The van der Waals surface area contributed by atoms with E-state index < -0.39 is 6.04 Å². The predicted molar refractivity (Wildman–Crippen MR) is 114 cm³/mol. The topological polar surface area (TPSA) is 89.9 Å². The molecule has 2 aliphatic rings. The summed E-state index contributed by atoms with van der Waals surface area (Å²) in [6, 6.07) is 8.13. The molecule has 2 unspecified atom stereocenters. The Hall–Kier alpha value is -1.93. The van der Waals surface area contributed by atoms with Gasteiger partial charge in [0.15, 0.2) is 5.82 Å². The number of carbonyl (C=O) groups excluding carboxylic acids is 1. The molecule has 0 spiro atoms. The van der Waals surface area contributed by atoms with Crippen molar-refractivity contribution in [2.24, 2.45) is 5.73 Å². The Balaban J connectivity index is 1.47. The van der Waals surface area contributed by atoms with Crippen LogP contribution in [0.2, 0.25) is 0 Å². The molecule has 8 heteroatoms. The Labute approximate surface area is 176 Å². The minimum absolute atomic E-state index is 0.0136. The van der Waals surface area contributed by atoms with Crippen LogP contribution in [0.5, 0.6) is 0 Å². The molecule has 29 heavy (non-hydrogen) atoms. The van der Waals surface area contributed by atoms with Gasteiger partial charge in [-0.15, -0.1) is 16.9 Å². The van der Waals surface area contributed by atoms with E-state index in [1.54, 1.807) is 11.8 Å². The van der Waals surface area contributed by atoms with Gasteiger partial charge in [-0.3, -0.25) is 4.79 Å². The fourth-order valence-corrected chi connectivity index (χ4v) is 5.89. The molecule has 0 bridgehead atoms. The molecule has 0 saturated carbocycles. The van der Waals surface area contributed by atoms with Gasteiger partial charge in [0.25, 0.3) is 0 Å². The number of fused-ring (bicyclic) bond motifs is 1. The minimum atomic E-state index is -0.418. The Morgan fingerprint density at radius 3 is 2.59 bits per heavy atom. The summed E-state index contributed by atoms with van der Waals surface area (Å²) >= 11 is 1.73. The molecule has 2 N–H and O–H groups in total. The van der Waals surface area contributed by atoms with Gasteiger partial charge in [-0.2, -0.15) is 0 Å². The standard InChI is InChI=1S/C21H30N6OS/c1-4-5-6-7-8-14-9-11-15(12-10-14)13-26-18(23-24-25-26)17-21(2,3)29-20-16(22)19(28)27(17)20/h9-12,16-17,20H,4-8,13,22H2,1-3H3/t16?,17?,20-/m0/s1. The molecule has 4 rings (SSSR count). The number of rotatable bonds is 8. The van der Waals surface area contributed by atoms with Crippen LogP contribution < -0.4 is 5.73 Å². The van der Waals surface area contributed by atoms with Gasteiger partial charge in [-0.1, -0.05) is 50.5 Å². The van der Waals surface area contributed by atoms with Crippen molar-refractivity contribution in [2.75, 3.05) is 0 Å². The van der Waals surface area contributed by atoms with E-state index >= 15 is 0 Å². The lowest BCUT2D eigenvalue weighted by Crippen LogP contribution is -2.65. The van der Waals surface area contributed by atoms with Crippen LogP contribution in [0, 0.1) is 0 Å². The number of aromatic nitrogens is 4. The summed E-state index contributed by atoms with van der Waals surface area (Å²) in [5, 5.41) is 12.4. The van der Waals surface area contributed by atoms with E-state index in [2.05, 4.69) is 60.6 Å². The fourth-order valence-electron chi connectivity index (χ4n) is 4.32. The molecule has 2 fully saturated rings. The highest BCUT2D eigenvalue weighted by Gasteiger charge is 2.62. The zero-order valence-corrected chi connectivity index (χ0v) is 18.2. The Morgan fingerprint density at radius 2 is 1.86 bits per heavy atom. The molecular weight excluding hydrogens is 384 g/mol. The molecule has 1 amide bonds. The molecule has 1 aromatic heterocycles. The lowest BCUT2D eigenvalue weighted by Gasteiger charge is -2.42. The van der Waals surface area contributed by atoms with Crippen molar-refractivity contribution >= 4 is 17.7 Å². The molecule has 156 valence electrons. The number of unbranched alkanes of at least 4 members (excludes halogenated alkanes) is 3. The van der Waals surface area contributed by atoms with E-state index in [0.717, 1.165) is 17.8 Å². The number of aryl methyl sites for hydroxylation is 1. The first-order valence-corrected chi connectivity index (χ1v) is 11.4. The van der Waals surface area contributed by atoms with Crippen molar-refractivity contribution in [3.05, 3.63) is 41.2 Å². The molecule has 7 nitrogen and oxygen atoms in total. The van der Waals surface area contributed by atoms with Crippen LogP contribution in [0.15, 0.2) is 24.3 Å². The van der Waals surface area contributed by atoms with E-state index in [0.29, 0.717) is 6.54 Å². The Morgan fingerprint density at radius 1 is 1.14 bits per heavy atom. The first-order chi connectivity index (χ1) is 13.9. The van der Waals surface area contributed by atoms with Gasteiger partial charge in [0.05, 0.1) is 6.54 Å². The maximum Gasteiger partial charge on any atom is 0.244 e. The quantitative estimate of drug-likeness (QED) is 0.528. The van der Waals surface area contributed by atoms with Gasteiger partial charge in [0, 0.05) is 4.75 Å². The number of thioether (sulfide) groups is 1. The maximum absolute atomic E-state index is 12.4. The molecule has 0 aliphatic carbocycles. The highest BCUT2D eigenvalue weighted by molar-refractivity contribution is 8.01. The van der Waals surface area contributed by atoms with Gasteiger partial charge in [-0.25, -0.2) is 4.68 Å². The summed E-state index contributed by atoms with van der Waals surface area (Å²) in [5.41, 5.74) is 8.53. The number of amides is 1. The smallest absolute Gasteiger partial charge is 0.244 e. The van der Waals surface area contributed by atoms with Crippen LogP contribution in [0.25, 0.3) is 0 Å². The number of β-lactam (4-membered cyclic amide) rings is 1. The van der Waals surface area contributed by atoms with Gasteiger partial charge >= 0.3 is 0 Å². The summed E-state index contributed by atoms with van der Waals surface area (Å²) in [6.45, 7) is 7.09. The summed E-state index contributed by atoms with van der Waals surface area (Å²) in [7, 11) is 0. The fraction of sp³-hybridized carbons (Fsp3) is 0.619. The number of hydrogen-bond acceptors (Lipinski definition) is 6. The third-order valence-corrected chi connectivity index (χ3v) is 7.55. The second-order valence-corrected chi connectivity index (χ2v) is 10.4. The second-order valence-electron chi connectivity index (χ2n) is 8.61. The molecule has 1 aromatic carbocycles. The maximum atomic E-state index is 12.4. The van der Waals surface area contributed by atoms with Gasteiger partial charge in [-0.05, 0) is 48.2 Å². The Bertz CT molecular complexity index is 864. The third-order valence-electron chi connectivity index (χ3n) is 5.96. The average molecular weight is 415 g/mol. The summed E-state index contributed by atoms with van der Waals surface area (Å²) in [6.07, 6.45) is 6.23. The molecule has 2 saturated heterocycles.